The van der Waals surface area contributed by atoms with Crippen LogP contribution < -0.4 is 14.2 Å². The van der Waals surface area contributed by atoms with Gasteiger partial charge in [0.05, 0.1) is 43.9 Å². The maximum atomic E-state index is 13.4. The Morgan fingerprint density at radius 2 is 1.78 bits per heavy atom. The minimum atomic E-state index is -3.04. The summed E-state index contributed by atoms with van der Waals surface area (Å²) in [5, 5.41) is 11.2. The van der Waals surface area contributed by atoms with Crippen LogP contribution in [0.3, 0.4) is 0 Å². The molecule has 244 valence electrons. The number of benzene rings is 2. The standard InChI is InChI=1S/C33H39Cl2F2N2O6/c1-39(13-3-2-4-14-39)15-16-42-25-10-7-23(8-11-25)32(40)44-30(18-26-27(34)19-38(41)20-28(26)35)24-9-12-29(45-33(36)37)31(17-24)43-21-22-5-6-22/h7-12,17,19,22,30,33,41H,2-6,13-16,18,20-21H2,1H3/q+1. The quantitative estimate of drug-likeness (QED) is 0.164. The molecule has 1 atom stereocenters. The molecule has 2 fully saturated rings. The average molecular weight is 669 g/mol. The van der Waals surface area contributed by atoms with Crippen LogP contribution >= 0.6 is 23.2 Å². The number of alkyl halides is 2. The predicted molar refractivity (Wildman–Crippen MR) is 166 cm³/mol. The lowest BCUT2D eigenvalue weighted by atomic mass is 9.99. The Morgan fingerprint density at radius 1 is 1.04 bits per heavy atom. The van der Waals surface area contributed by atoms with Crippen molar-refractivity contribution in [2.75, 3.05) is 46.4 Å². The number of nitrogens with zero attached hydrogens (tertiary/aromatic N) is 2. The van der Waals surface area contributed by atoms with Gasteiger partial charge < -0.3 is 23.4 Å². The lowest BCUT2D eigenvalue weighted by molar-refractivity contribution is -0.914. The van der Waals surface area contributed by atoms with E-state index in [1.54, 1.807) is 24.3 Å². The van der Waals surface area contributed by atoms with E-state index in [0.29, 0.717) is 41.6 Å². The minimum Gasteiger partial charge on any atom is -0.489 e. The van der Waals surface area contributed by atoms with Gasteiger partial charge in [-0.1, -0.05) is 29.3 Å². The second-order valence-electron chi connectivity index (χ2n) is 12.1. The van der Waals surface area contributed by atoms with Gasteiger partial charge in [-0.05, 0) is 85.6 Å². The van der Waals surface area contributed by atoms with Gasteiger partial charge >= 0.3 is 12.6 Å². The number of quaternary nitrogens is 1. The van der Waals surface area contributed by atoms with Crippen molar-refractivity contribution in [3.63, 3.8) is 0 Å². The highest BCUT2D eigenvalue weighted by Gasteiger charge is 2.28. The molecule has 5 rings (SSSR count). The highest BCUT2D eigenvalue weighted by Crippen LogP contribution is 2.40. The Kier molecular flexibility index (Phi) is 11.1. The fraction of sp³-hybridized carbons (Fsp3) is 0.485. The Balaban J connectivity index is 1.32. The Morgan fingerprint density at radius 3 is 2.44 bits per heavy atom. The molecule has 2 aliphatic heterocycles. The van der Waals surface area contributed by atoms with Crippen LogP contribution in [-0.4, -0.2) is 73.8 Å². The summed E-state index contributed by atoms with van der Waals surface area (Å²) in [5.41, 5.74) is 1.25. The van der Waals surface area contributed by atoms with Crippen molar-refractivity contribution >= 4 is 29.2 Å². The first-order valence-corrected chi connectivity index (χ1v) is 16.0. The molecule has 8 nitrogen and oxygen atoms in total. The lowest BCUT2D eigenvalue weighted by Gasteiger charge is -2.37. The van der Waals surface area contributed by atoms with Crippen LogP contribution in [0.5, 0.6) is 17.2 Å². The Hall–Kier alpha value is -3.05. The molecule has 1 aliphatic carbocycles. The SMILES string of the molecule is C[N+]1(CCOc2ccc(C(=O)OC(CC3=C(Cl)CN(O)C=C3Cl)c3ccc(OC(F)F)c(OCC4CC4)c3)cc2)CCCCC1. The summed E-state index contributed by atoms with van der Waals surface area (Å²) in [6.45, 7) is 1.14. The van der Waals surface area contributed by atoms with E-state index in [2.05, 4.69) is 11.8 Å². The number of likely N-dealkylation sites (N-methyl/N-ethyl adjacent to an activating group) is 1. The van der Waals surface area contributed by atoms with Crippen molar-refractivity contribution in [1.29, 1.82) is 0 Å². The molecule has 2 aromatic carbocycles. The number of hydrogen-bond donors (Lipinski definition) is 1. The molecule has 0 spiro atoms. The fourth-order valence-electron chi connectivity index (χ4n) is 5.53. The number of rotatable bonds is 14. The zero-order valence-electron chi connectivity index (χ0n) is 25.2. The average Bonchev–Trinajstić information content (AvgIpc) is 3.83. The molecular weight excluding hydrogens is 629 g/mol. The molecule has 0 aromatic heterocycles. The maximum Gasteiger partial charge on any atom is 0.387 e. The number of carbonyl (C=O) groups excluding carboxylic acids is 1. The summed E-state index contributed by atoms with van der Waals surface area (Å²) in [6.07, 6.45) is 6.23. The third-order valence-electron chi connectivity index (χ3n) is 8.43. The molecule has 1 saturated carbocycles. The predicted octanol–water partition coefficient (Wildman–Crippen LogP) is 7.65. The van der Waals surface area contributed by atoms with Crippen LogP contribution in [0.4, 0.5) is 8.78 Å². The number of piperidine rings is 1. The summed E-state index contributed by atoms with van der Waals surface area (Å²) in [4.78, 5) is 13.4. The molecule has 45 heavy (non-hydrogen) atoms. The molecule has 2 aromatic rings. The zero-order valence-corrected chi connectivity index (χ0v) is 26.7. The first-order valence-electron chi connectivity index (χ1n) is 15.3. The van der Waals surface area contributed by atoms with Gasteiger partial charge in [0.15, 0.2) is 11.5 Å². The van der Waals surface area contributed by atoms with E-state index in [9.17, 15) is 18.8 Å². The Labute approximate surface area is 272 Å². The van der Waals surface area contributed by atoms with Gasteiger partial charge in [0.2, 0.25) is 0 Å². The summed E-state index contributed by atoms with van der Waals surface area (Å²) < 4.78 is 49.8. The highest BCUT2D eigenvalue weighted by atomic mass is 35.5. The lowest BCUT2D eigenvalue weighted by Crippen LogP contribution is -2.50. The number of likely N-dealkylation sites (tertiary alicyclic amines) is 1. The summed E-state index contributed by atoms with van der Waals surface area (Å²) in [7, 11) is 2.26. The number of ether oxygens (including phenoxy) is 4. The first kappa shape index (κ1) is 33.3. The smallest absolute Gasteiger partial charge is 0.387 e. The minimum absolute atomic E-state index is 0.00415. The second kappa shape index (κ2) is 15.0. The van der Waals surface area contributed by atoms with Gasteiger partial charge in [-0.3, -0.25) is 10.3 Å². The largest absolute Gasteiger partial charge is 0.489 e. The van der Waals surface area contributed by atoms with Crippen molar-refractivity contribution in [3.05, 3.63) is 75.4 Å². The number of hydrogen-bond acceptors (Lipinski definition) is 7. The van der Waals surface area contributed by atoms with E-state index in [4.69, 9.17) is 37.4 Å². The van der Waals surface area contributed by atoms with Gasteiger partial charge in [-0.2, -0.15) is 8.78 Å². The molecular formula is C33H39Cl2F2N2O6+. The third kappa shape index (κ3) is 9.48. The van der Waals surface area contributed by atoms with Gasteiger partial charge in [0, 0.05) is 17.7 Å². The van der Waals surface area contributed by atoms with Crippen LogP contribution in [0.15, 0.2) is 64.3 Å². The zero-order chi connectivity index (χ0) is 32.0. The number of carbonyl (C=O) groups is 1. The van der Waals surface area contributed by atoms with E-state index < -0.39 is 18.7 Å². The van der Waals surface area contributed by atoms with E-state index in [0.717, 1.165) is 42.0 Å². The van der Waals surface area contributed by atoms with Crippen LogP contribution in [0.25, 0.3) is 0 Å². The van der Waals surface area contributed by atoms with Crippen molar-refractivity contribution in [3.8, 4) is 17.2 Å². The second-order valence-corrected chi connectivity index (χ2v) is 13.0. The monoisotopic (exact) mass is 667 g/mol. The summed E-state index contributed by atoms with van der Waals surface area (Å²) >= 11 is 12.9. The van der Waals surface area contributed by atoms with Crippen molar-refractivity contribution in [2.45, 2.75) is 51.2 Å². The third-order valence-corrected chi connectivity index (χ3v) is 9.10. The summed E-state index contributed by atoms with van der Waals surface area (Å²) in [6, 6.07) is 11.2. The Bertz CT molecular complexity index is 1390. The van der Waals surface area contributed by atoms with Crippen LogP contribution in [0, 0.1) is 5.92 Å². The van der Waals surface area contributed by atoms with Gasteiger partial charge in [-0.25, -0.2) is 4.79 Å². The molecule has 2 heterocycles. The molecule has 0 bridgehead atoms. The van der Waals surface area contributed by atoms with Crippen LogP contribution in [0.2, 0.25) is 0 Å². The molecule has 1 unspecified atom stereocenters. The van der Waals surface area contributed by atoms with Crippen LogP contribution in [0.1, 0.15) is 60.6 Å². The van der Waals surface area contributed by atoms with E-state index in [1.165, 1.54) is 43.7 Å². The van der Waals surface area contributed by atoms with Crippen molar-refractivity contribution in [1.82, 2.24) is 5.06 Å². The molecule has 12 heteroatoms. The van der Waals surface area contributed by atoms with E-state index >= 15 is 0 Å². The van der Waals surface area contributed by atoms with Crippen LogP contribution in [-0.2, 0) is 4.74 Å². The number of halogens is 4. The summed E-state index contributed by atoms with van der Waals surface area (Å²) in [5.74, 6) is 0.413. The molecule has 1 N–H and O–H groups in total. The van der Waals surface area contributed by atoms with E-state index in [1.807, 2.05) is 0 Å². The molecule has 0 amide bonds. The topological polar surface area (TPSA) is 77.5 Å². The number of allylic oxidation sites excluding steroid dienone is 1. The fourth-order valence-corrected chi connectivity index (χ4v) is 6.19. The molecule has 1 saturated heterocycles. The van der Waals surface area contributed by atoms with Crippen molar-refractivity contribution < 1.29 is 42.2 Å². The molecule has 0 radical (unpaired) electrons. The van der Waals surface area contributed by atoms with E-state index in [-0.39, 0.29) is 34.5 Å². The van der Waals surface area contributed by atoms with Gasteiger partial charge in [0.25, 0.3) is 0 Å². The molecule has 3 aliphatic rings. The maximum absolute atomic E-state index is 13.4. The number of esters is 1. The number of hydroxylamine groups is 2. The van der Waals surface area contributed by atoms with Gasteiger partial charge in [0.1, 0.15) is 25.0 Å². The normalized spacial score (nSPS) is 18.8. The highest BCUT2D eigenvalue weighted by molar-refractivity contribution is 6.36. The van der Waals surface area contributed by atoms with Gasteiger partial charge in [-0.15, -0.1) is 0 Å². The first-order chi connectivity index (χ1) is 21.6. The van der Waals surface area contributed by atoms with Crippen molar-refractivity contribution in [2.24, 2.45) is 5.92 Å².